The van der Waals surface area contributed by atoms with E-state index in [0.717, 1.165) is 22.2 Å². The van der Waals surface area contributed by atoms with Gasteiger partial charge in [-0.2, -0.15) is 5.10 Å². The van der Waals surface area contributed by atoms with Gasteiger partial charge < -0.3 is 4.74 Å². The molecule has 1 aromatic heterocycles. The first kappa shape index (κ1) is 12.9. The Kier molecular flexibility index (Phi) is 3.28. The molecule has 0 aliphatic rings. The number of H-pyrrole nitrogens is 1. The summed E-state index contributed by atoms with van der Waals surface area (Å²) in [7, 11) is 0. The molecule has 0 aliphatic carbocycles. The Morgan fingerprint density at radius 3 is 2.55 bits per heavy atom. The number of rotatable bonds is 3. The van der Waals surface area contributed by atoms with Gasteiger partial charge in [0.2, 0.25) is 0 Å². The quantitative estimate of drug-likeness (QED) is 0.743. The molecule has 20 heavy (non-hydrogen) atoms. The molecule has 1 heterocycles. The number of hydrogen-bond donors (Lipinski definition) is 1. The van der Waals surface area contributed by atoms with Crippen molar-refractivity contribution in [3.8, 4) is 11.4 Å². The molecule has 2 aromatic carbocycles. The van der Waals surface area contributed by atoms with E-state index < -0.39 is 0 Å². The maximum atomic E-state index is 5.87. The zero-order valence-electron chi connectivity index (χ0n) is 11.3. The van der Waals surface area contributed by atoms with Gasteiger partial charge in [0.25, 0.3) is 0 Å². The predicted octanol–water partition coefficient (Wildman–Crippen LogP) is 3.87. The maximum Gasteiger partial charge on any atom is 0.199 e. The molecule has 0 fully saturated rings. The van der Waals surface area contributed by atoms with Crippen LogP contribution in [0.3, 0.4) is 0 Å². The van der Waals surface area contributed by atoms with E-state index in [0.29, 0.717) is 4.77 Å². The van der Waals surface area contributed by atoms with Gasteiger partial charge in [-0.1, -0.05) is 24.3 Å². The average Bonchev–Trinajstić information content (AvgIpc) is 2.85. The molecule has 0 saturated carbocycles. The Labute approximate surface area is 122 Å². The second-order valence-electron chi connectivity index (χ2n) is 4.83. The maximum absolute atomic E-state index is 5.87. The number of aromatic amines is 1. The second kappa shape index (κ2) is 5.09. The zero-order chi connectivity index (χ0) is 14.1. The molecule has 0 radical (unpaired) electrons. The summed E-state index contributed by atoms with van der Waals surface area (Å²) in [5, 5.41) is 8.91. The van der Waals surface area contributed by atoms with Gasteiger partial charge in [0.15, 0.2) is 4.77 Å². The highest BCUT2D eigenvalue weighted by Crippen LogP contribution is 2.31. The average molecular weight is 285 g/mol. The van der Waals surface area contributed by atoms with Gasteiger partial charge in [-0.05, 0) is 38.2 Å². The van der Waals surface area contributed by atoms with Crippen LogP contribution in [0.25, 0.3) is 16.5 Å². The zero-order valence-corrected chi connectivity index (χ0v) is 12.1. The number of aromatic nitrogens is 3. The van der Waals surface area contributed by atoms with E-state index in [2.05, 4.69) is 22.3 Å². The molecular formula is C15H15N3OS. The first-order valence-corrected chi connectivity index (χ1v) is 6.88. The minimum Gasteiger partial charge on any atom is -0.490 e. The lowest BCUT2D eigenvalue weighted by atomic mass is 10.1. The minimum absolute atomic E-state index is 0.139. The SMILES string of the molecule is CC(C)Oc1ccc(-n2cn[nH]c2=S)c2ccccc12. The summed E-state index contributed by atoms with van der Waals surface area (Å²) in [6.07, 6.45) is 1.83. The Bertz CT molecular complexity index is 804. The molecule has 5 heteroatoms. The van der Waals surface area contributed by atoms with Crippen LogP contribution in [0.15, 0.2) is 42.7 Å². The fraction of sp³-hybridized carbons (Fsp3) is 0.200. The highest BCUT2D eigenvalue weighted by atomic mass is 32.1. The summed E-state index contributed by atoms with van der Waals surface area (Å²) in [5.74, 6) is 0.884. The standard InChI is InChI=1S/C15H15N3OS/c1-10(2)19-14-8-7-13(18-9-16-17-15(18)20)11-5-3-4-6-12(11)14/h3-10H,1-2H3,(H,17,20). The molecule has 4 nitrogen and oxygen atoms in total. The van der Waals surface area contributed by atoms with Gasteiger partial charge in [0.1, 0.15) is 12.1 Å². The Morgan fingerprint density at radius 2 is 1.90 bits per heavy atom. The van der Waals surface area contributed by atoms with E-state index >= 15 is 0 Å². The molecular weight excluding hydrogens is 270 g/mol. The van der Waals surface area contributed by atoms with Crippen molar-refractivity contribution in [2.75, 3.05) is 0 Å². The van der Waals surface area contributed by atoms with Gasteiger partial charge in [0.05, 0.1) is 11.8 Å². The number of ether oxygens (including phenoxy) is 1. The second-order valence-corrected chi connectivity index (χ2v) is 5.21. The molecule has 0 amide bonds. The summed E-state index contributed by atoms with van der Waals surface area (Å²) in [6.45, 7) is 4.05. The van der Waals surface area contributed by atoms with Crippen LogP contribution in [-0.4, -0.2) is 20.9 Å². The van der Waals surface area contributed by atoms with Gasteiger partial charge in [-0.15, -0.1) is 0 Å². The molecule has 0 spiro atoms. The third kappa shape index (κ3) is 2.20. The Morgan fingerprint density at radius 1 is 1.15 bits per heavy atom. The van der Waals surface area contributed by atoms with Crippen LogP contribution >= 0.6 is 12.2 Å². The summed E-state index contributed by atoms with van der Waals surface area (Å²) in [6, 6.07) is 12.1. The monoisotopic (exact) mass is 285 g/mol. The van der Waals surface area contributed by atoms with Crippen molar-refractivity contribution in [3.05, 3.63) is 47.5 Å². The van der Waals surface area contributed by atoms with Crippen molar-refractivity contribution in [2.45, 2.75) is 20.0 Å². The first-order chi connectivity index (χ1) is 9.66. The van der Waals surface area contributed by atoms with Crippen molar-refractivity contribution < 1.29 is 4.74 Å². The van der Waals surface area contributed by atoms with E-state index in [1.54, 1.807) is 6.33 Å². The van der Waals surface area contributed by atoms with Gasteiger partial charge in [0, 0.05) is 10.8 Å². The summed E-state index contributed by atoms with van der Waals surface area (Å²) >= 11 is 5.25. The Hall–Kier alpha value is -2.14. The molecule has 3 aromatic rings. The van der Waals surface area contributed by atoms with E-state index in [9.17, 15) is 0 Å². The topological polar surface area (TPSA) is 42.8 Å². The highest BCUT2D eigenvalue weighted by molar-refractivity contribution is 7.71. The van der Waals surface area contributed by atoms with Crippen LogP contribution in [0.2, 0.25) is 0 Å². The van der Waals surface area contributed by atoms with Crippen molar-refractivity contribution in [1.82, 2.24) is 14.8 Å². The van der Waals surface area contributed by atoms with E-state index in [1.807, 2.05) is 42.7 Å². The molecule has 3 rings (SSSR count). The fourth-order valence-corrected chi connectivity index (χ4v) is 2.44. The van der Waals surface area contributed by atoms with Crippen molar-refractivity contribution in [3.63, 3.8) is 0 Å². The lowest BCUT2D eigenvalue weighted by molar-refractivity contribution is 0.245. The summed E-state index contributed by atoms with van der Waals surface area (Å²) in [4.78, 5) is 0. The number of nitrogens with one attached hydrogen (secondary N) is 1. The molecule has 0 bridgehead atoms. The molecule has 1 N–H and O–H groups in total. The smallest absolute Gasteiger partial charge is 0.199 e. The van der Waals surface area contributed by atoms with Gasteiger partial charge >= 0.3 is 0 Å². The molecule has 0 atom stereocenters. The Balaban J connectivity index is 2.27. The lowest BCUT2D eigenvalue weighted by Crippen LogP contribution is -2.06. The molecule has 0 saturated heterocycles. The largest absolute Gasteiger partial charge is 0.490 e. The highest BCUT2D eigenvalue weighted by Gasteiger charge is 2.09. The third-order valence-corrected chi connectivity index (χ3v) is 3.32. The van der Waals surface area contributed by atoms with Crippen LogP contribution < -0.4 is 4.74 Å². The predicted molar refractivity (Wildman–Crippen MR) is 82.0 cm³/mol. The number of hydrogen-bond acceptors (Lipinski definition) is 3. The number of fused-ring (bicyclic) bond motifs is 1. The molecule has 0 unspecified atom stereocenters. The van der Waals surface area contributed by atoms with Gasteiger partial charge in [-0.3, -0.25) is 9.67 Å². The third-order valence-electron chi connectivity index (χ3n) is 3.04. The fourth-order valence-electron chi connectivity index (χ4n) is 2.24. The van der Waals surface area contributed by atoms with Crippen LogP contribution in [-0.2, 0) is 0 Å². The van der Waals surface area contributed by atoms with Crippen molar-refractivity contribution >= 4 is 23.0 Å². The normalized spacial score (nSPS) is 11.2. The summed E-state index contributed by atoms with van der Waals surface area (Å²) in [5.41, 5.74) is 0.996. The van der Waals surface area contributed by atoms with Crippen LogP contribution in [0, 0.1) is 4.77 Å². The lowest BCUT2D eigenvalue weighted by Gasteiger charge is -2.14. The van der Waals surface area contributed by atoms with E-state index in [1.165, 1.54) is 0 Å². The number of nitrogens with zero attached hydrogens (tertiary/aromatic N) is 2. The van der Waals surface area contributed by atoms with Crippen LogP contribution in [0.4, 0.5) is 0 Å². The first-order valence-electron chi connectivity index (χ1n) is 6.47. The molecule has 102 valence electrons. The van der Waals surface area contributed by atoms with E-state index in [-0.39, 0.29) is 6.10 Å². The van der Waals surface area contributed by atoms with Crippen molar-refractivity contribution in [1.29, 1.82) is 0 Å². The van der Waals surface area contributed by atoms with Crippen molar-refractivity contribution in [2.24, 2.45) is 0 Å². The number of benzene rings is 2. The minimum atomic E-state index is 0.139. The molecule has 0 aliphatic heterocycles. The van der Waals surface area contributed by atoms with Gasteiger partial charge in [-0.25, -0.2) is 0 Å². The van der Waals surface area contributed by atoms with Crippen LogP contribution in [0.1, 0.15) is 13.8 Å². The summed E-state index contributed by atoms with van der Waals surface area (Å²) < 4.78 is 8.31. The van der Waals surface area contributed by atoms with Crippen LogP contribution in [0.5, 0.6) is 5.75 Å². The van der Waals surface area contributed by atoms with E-state index in [4.69, 9.17) is 17.0 Å².